The zero-order valence-electron chi connectivity index (χ0n) is 20.8. The van der Waals surface area contributed by atoms with Crippen molar-refractivity contribution >= 4 is 22.8 Å². The molecule has 2 saturated heterocycles. The summed E-state index contributed by atoms with van der Waals surface area (Å²) in [6, 6.07) is 5.83. The number of halogens is 4. The summed E-state index contributed by atoms with van der Waals surface area (Å²) in [5.74, 6) is 0.417. The standard InChI is InChI=1S/C24H28F4N8O2/c1-23(12-38-13-23)35-7-6-17(16(25)10-35)31-22-32-21(37-2)20-15(5-8-36(20)34-22)14-3-4-18(33-29)19(9-14)30-11-24(26,27)28/h3-5,8-9,16-17,29-30H,6-7,10-13H2,1-2H3,(H,31,34)/t16-,17+/m1/s1. The van der Waals surface area contributed by atoms with Gasteiger partial charge < -0.3 is 20.1 Å². The summed E-state index contributed by atoms with van der Waals surface area (Å²) in [5, 5.41) is 13.2. The van der Waals surface area contributed by atoms with E-state index in [1.54, 1.807) is 18.3 Å². The highest BCUT2D eigenvalue weighted by molar-refractivity contribution is 5.87. The normalized spacial score (nSPS) is 21.6. The predicted octanol–water partition coefficient (Wildman–Crippen LogP) is 4.65. The van der Waals surface area contributed by atoms with Crippen LogP contribution < -0.4 is 15.4 Å². The Bertz CT molecular complexity index is 1330. The number of benzene rings is 1. The first kappa shape index (κ1) is 26.1. The molecule has 3 N–H and O–H groups in total. The lowest BCUT2D eigenvalue weighted by Crippen LogP contribution is -2.64. The Morgan fingerprint density at radius 2 is 2.08 bits per heavy atom. The Morgan fingerprint density at radius 1 is 1.29 bits per heavy atom. The number of piperidine rings is 1. The van der Waals surface area contributed by atoms with Gasteiger partial charge in [-0.15, -0.1) is 5.10 Å². The molecule has 0 bridgehead atoms. The van der Waals surface area contributed by atoms with E-state index in [1.807, 2.05) is 0 Å². The van der Waals surface area contributed by atoms with E-state index in [2.05, 4.69) is 37.7 Å². The Labute approximate surface area is 215 Å². The van der Waals surface area contributed by atoms with Gasteiger partial charge >= 0.3 is 6.18 Å². The lowest BCUT2D eigenvalue weighted by molar-refractivity contribution is -0.142. The van der Waals surface area contributed by atoms with Crippen molar-refractivity contribution in [3.8, 4) is 17.0 Å². The maximum Gasteiger partial charge on any atom is 0.405 e. The number of ether oxygens (including phenoxy) is 2. The molecule has 5 rings (SSSR count). The molecule has 204 valence electrons. The van der Waals surface area contributed by atoms with Gasteiger partial charge in [-0.05, 0) is 37.1 Å². The second-order valence-corrected chi connectivity index (χ2v) is 9.77. The lowest BCUT2D eigenvalue weighted by atomic mass is 9.92. The molecule has 0 spiro atoms. The molecule has 14 heteroatoms. The van der Waals surface area contributed by atoms with Crippen LogP contribution in [-0.2, 0) is 4.74 Å². The van der Waals surface area contributed by atoms with Crippen LogP contribution in [0.15, 0.2) is 35.6 Å². The maximum atomic E-state index is 15.1. The number of likely N-dealkylation sites (tertiary alicyclic amines) is 1. The molecule has 2 atom stereocenters. The monoisotopic (exact) mass is 536 g/mol. The smallest absolute Gasteiger partial charge is 0.405 e. The van der Waals surface area contributed by atoms with Crippen LogP contribution in [0, 0.1) is 5.53 Å². The van der Waals surface area contributed by atoms with Crippen molar-refractivity contribution in [2.75, 3.05) is 50.6 Å². The fraction of sp³-hybridized carbons (Fsp3) is 0.500. The number of methoxy groups -OCH3 is 1. The van der Waals surface area contributed by atoms with Gasteiger partial charge in [-0.1, -0.05) is 6.07 Å². The summed E-state index contributed by atoms with van der Waals surface area (Å²) in [6.45, 7) is 3.02. The number of alkyl halides is 4. The van der Waals surface area contributed by atoms with Crippen molar-refractivity contribution in [2.24, 2.45) is 5.11 Å². The van der Waals surface area contributed by atoms with Crippen molar-refractivity contribution in [1.82, 2.24) is 19.5 Å². The fourth-order valence-electron chi connectivity index (χ4n) is 4.87. The second kappa shape index (κ2) is 9.98. The first-order valence-corrected chi connectivity index (χ1v) is 12.1. The third kappa shape index (κ3) is 5.10. The Hall–Kier alpha value is -3.52. The molecule has 0 radical (unpaired) electrons. The van der Waals surface area contributed by atoms with Gasteiger partial charge in [-0.3, -0.25) is 4.90 Å². The van der Waals surface area contributed by atoms with Crippen molar-refractivity contribution in [3.63, 3.8) is 0 Å². The zero-order valence-corrected chi connectivity index (χ0v) is 20.8. The Balaban J connectivity index is 1.39. The highest BCUT2D eigenvalue weighted by atomic mass is 19.4. The van der Waals surface area contributed by atoms with E-state index < -0.39 is 24.9 Å². The van der Waals surface area contributed by atoms with Crippen molar-refractivity contribution in [2.45, 2.75) is 37.3 Å². The number of nitrogens with zero attached hydrogens (tertiary/aromatic N) is 5. The van der Waals surface area contributed by atoms with E-state index in [0.717, 1.165) is 6.54 Å². The molecule has 2 aliphatic heterocycles. The third-order valence-corrected chi connectivity index (χ3v) is 7.03. The number of fused-ring (bicyclic) bond motifs is 1. The molecule has 2 fully saturated rings. The molecule has 3 aromatic rings. The summed E-state index contributed by atoms with van der Waals surface area (Å²) in [7, 11) is 1.44. The molecule has 2 aromatic heterocycles. The molecular weight excluding hydrogens is 508 g/mol. The number of rotatable bonds is 8. The van der Waals surface area contributed by atoms with E-state index in [4.69, 9.17) is 15.0 Å². The number of aromatic nitrogens is 3. The fourth-order valence-corrected chi connectivity index (χ4v) is 4.87. The van der Waals surface area contributed by atoms with Gasteiger partial charge in [0.1, 0.15) is 23.9 Å². The molecule has 2 aliphatic rings. The molecular formula is C24H28F4N8O2. The van der Waals surface area contributed by atoms with Crippen LogP contribution in [0.25, 0.3) is 16.6 Å². The minimum atomic E-state index is -4.43. The van der Waals surface area contributed by atoms with E-state index >= 15 is 4.39 Å². The quantitative estimate of drug-likeness (QED) is 0.284. The predicted molar refractivity (Wildman–Crippen MR) is 132 cm³/mol. The molecule has 0 saturated carbocycles. The molecule has 0 amide bonds. The van der Waals surface area contributed by atoms with Gasteiger partial charge in [0, 0.05) is 24.8 Å². The summed E-state index contributed by atoms with van der Waals surface area (Å²) in [4.78, 5) is 6.57. The molecule has 1 aromatic carbocycles. The number of nitrogens with one attached hydrogen (secondary N) is 3. The minimum absolute atomic E-state index is 0.0648. The molecule has 0 unspecified atom stereocenters. The lowest BCUT2D eigenvalue weighted by Gasteiger charge is -2.50. The highest BCUT2D eigenvalue weighted by Crippen LogP contribution is 2.37. The van der Waals surface area contributed by atoms with E-state index in [9.17, 15) is 13.2 Å². The van der Waals surface area contributed by atoms with Gasteiger partial charge in [-0.2, -0.15) is 23.3 Å². The van der Waals surface area contributed by atoms with E-state index in [-0.39, 0.29) is 35.3 Å². The highest BCUT2D eigenvalue weighted by Gasteiger charge is 2.43. The van der Waals surface area contributed by atoms with E-state index in [0.29, 0.717) is 36.3 Å². The third-order valence-electron chi connectivity index (χ3n) is 7.03. The van der Waals surface area contributed by atoms with Crippen LogP contribution in [0.1, 0.15) is 13.3 Å². The Kier molecular flexibility index (Phi) is 6.86. The number of hydrogen-bond donors (Lipinski definition) is 3. The summed E-state index contributed by atoms with van der Waals surface area (Å²) < 4.78 is 65.8. The van der Waals surface area contributed by atoms with Crippen molar-refractivity contribution < 1.29 is 27.0 Å². The summed E-state index contributed by atoms with van der Waals surface area (Å²) in [5.41, 5.74) is 8.93. The van der Waals surface area contributed by atoms with Gasteiger partial charge in [-0.25, -0.2) is 14.4 Å². The summed E-state index contributed by atoms with van der Waals surface area (Å²) >= 11 is 0. The topological polar surface area (TPSA) is 112 Å². The van der Waals surface area contributed by atoms with E-state index in [1.165, 1.54) is 23.8 Å². The average Bonchev–Trinajstić information content (AvgIpc) is 3.30. The van der Waals surface area contributed by atoms with Crippen LogP contribution in [0.5, 0.6) is 5.88 Å². The molecule has 4 heterocycles. The van der Waals surface area contributed by atoms with Crippen LogP contribution >= 0.6 is 0 Å². The van der Waals surface area contributed by atoms with Gasteiger partial charge in [0.2, 0.25) is 11.8 Å². The first-order valence-electron chi connectivity index (χ1n) is 12.1. The molecule has 0 aliphatic carbocycles. The van der Waals surface area contributed by atoms with Crippen LogP contribution in [0.2, 0.25) is 0 Å². The zero-order chi connectivity index (χ0) is 27.1. The van der Waals surface area contributed by atoms with Crippen LogP contribution in [0.3, 0.4) is 0 Å². The SMILES string of the molecule is COc1nc(N[C@H]2CCN(C3(C)COC3)C[C@H]2F)nn2ccc(-c3ccc(N=N)c(NCC(F)(F)F)c3)c12. The summed E-state index contributed by atoms with van der Waals surface area (Å²) in [6.07, 6.45) is -3.33. The van der Waals surface area contributed by atoms with Gasteiger partial charge in [0.15, 0.2) is 0 Å². The van der Waals surface area contributed by atoms with Gasteiger partial charge in [0.05, 0.1) is 37.6 Å². The van der Waals surface area contributed by atoms with Crippen molar-refractivity contribution in [3.05, 3.63) is 30.5 Å². The van der Waals surface area contributed by atoms with Crippen LogP contribution in [-0.4, -0.2) is 83.4 Å². The van der Waals surface area contributed by atoms with Gasteiger partial charge in [0.25, 0.3) is 0 Å². The average molecular weight is 537 g/mol. The first-order chi connectivity index (χ1) is 18.1. The maximum absolute atomic E-state index is 15.1. The Morgan fingerprint density at radius 3 is 2.71 bits per heavy atom. The van der Waals surface area contributed by atoms with Crippen molar-refractivity contribution in [1.29, 1.82) is 5.53 Å². The second-order valence-electron chi connectivity index (χ2n) is 9.77. The minimum Gasteiger partial charge on any atom is -0.479 e. The number of anilines is 2. The largest absolute Gasteiger partial charge is 0.479 e. The molecule has 10 nitrogen and oxygen atoms in total. The van der Waals surface area contributed by atoms with Crippen LogP contribution in [0.4, 0.5) is 34.9 Å². The molecule has 38 heavy (non-hydrogen) atoms. The number of hydrogen-bond acceptors (Lipinski definition) is 9.